The number of esters is 1. The maximum atomic E-state index is 14.3. The minimum atomic E-state index is -1.10. The van der Waals surface area contributed by atoms with E-state index < -0.39 is 18.0 Å². The van der Waals surface area contributed by atoms with Crippen molar-refractivity contribution in [1.29, 1.82) is 0 Å². The molecular formula is C44H45N5O7S. The van der Waals surface area contributed by atoms with Gasteiger partial charge in [0.15, 0.2) is 17.1 Å². The van der Waals surface area contributed by atoms with Gasteiger partial charge in [0.1, 0.15) is 29.6 Å². The number of allylic oxidation sites excluding steroid dienone is 1. The average Bonchev–Trinajstić information content (AvgIpc) is 3.85. The fourth-order valence-electron chi connectivity index (χ4n) is 7.08. The van der Waals surface area contributed by atoms with Crippen molar-refractivity contribution in [3.8, 4) is 28.7 Å². The van der Waals surface area contributed by atoms with Crippen LogP contribution in [0.2, 0.25) is 0 Å². The first-order chi connectivity index (χ1) is 27.8. The first kappa shape index (κ1) is 39.2. The third kappa shape index (κ3) is 9.15. The lowest BCUT2D eigenvalue weighted by Gasteiger charge is -2.30. The number of carbonyl (C=O) groups is 2. The van der Waals surface area contributed by atoms with Crippen LogP contribution in [0.25, 0.3) is 11.8 Å². The summed E-state index contributed by atoms with van der Waals surface area (Å²) in [5, 5.41) is 15.8. The van der Waals surface area contributed by atoms with Crippen LogP contribution in [0.1, 0.15) is 56.1 Å². The number of hydrogen-bond acceptors (Lipinski definition) is 11. The van der Waals surface area contributed by atoms with Crippen LogP contribution >= 0.6 is 11.8 Å². The van der Waals surface area contributed by atoms with Gasteiger partial charge < -0.3 is 23.7 Å². The zero-order chi connectivity index (χ0) is 39.7. The molecule has 2 heterocycles. The molecule has 1 saturated carbocycles. The number of para-hydroxylation sites is 1. The van der Waals surface area contributed by atoms with Crippen molar-refractivity contribution in [2.24, 2.45) is 11.0 Å². The fourth-order valence-corrected chi connectivity index (χ4v) is 7.83. The monoisotopic (exact) mass is 787 g/mol. The van der Waals surface area contributed by atoms with E-state index in [2.05, 4.69) is 16.3 Å². The molecule has 3 atom stereocenters. The standard InChI is InChI=1S/C44H45N5O7S/c1-5-54-37-24-18-33(19-25-37)48-39(27-55-36-11-7-6-8-12-36)45-46-44(48)57-28-40(50)56-29(2)43(51)49-42(31-16-22-35(53-4)23-17-31)38-13-9-10-32(41(38)47-49)26-30-14-20-34(52-3)21-15-30/h6-8,11-12,14-26,29,38,42H,5,9-10,13,27-28H2,1-4H3/b32-26-. The maximum absolute atomic E-state index is 14.3. The third-order valence-corrected chi connectivity index (χ3v) is 10.7. The molecule has 0 radical (unpaired) electrons. The van der Waals surface area contributed by atoms with Gasteiger partial charge in [-0.15, -0.1) is 10.2 Å². The molecule has 1 fully saturated rings. The van der Waals surface area contributed by atoms with E-state index in [1.165, 1.54) is 5.01 Å². The number of rotatable bonds is 15. The van der Waals surface area contributed by atoms with Gasteiger partial charge in [-0.1, -0.05) is 54.2 Å². The number of aromatic nitrogens is 3. The van der Waals surface area contributed by atoms with E-state index in [9.17, 15) is 9.59 Å². The van der Waals surface area contributed by atoms with Gasteiger partial charge in [0.25, 0.3) is 5.91 Å². The predicted molar refractivity (Wildman–Crippen MR) is 218 cm³/mol. The van der Waals surface area contributed by atoms with Gasteiger partial charge in [0, 0.05) is 11.6 Å². The SMILES string of the molecule is CCOc1ccc(-n2c(COc3ccccc3)nnc2SCC(=O)OC(C)C(=O)N2N=C3/C(=C\c4ccc(OC)cc4)CCCC3C2c2ccc(OC)cc2)cc1. The molecule has 1 amide bonds. The quantitative estimate of drug-likeness (QED) is 0.0759. The third-order valence-electron chi connectivity index (χ3n) is 9.83. The number of benzene rings is 4. The van der Waals surface area contributed by atoms with Crippen LogP contribution in [-0.4, -0.2) is 70.0 Å². The van der Waals surface area contributed by atoms with E-state index in [1.54, 1.807) is 21.1 Å². The fraction of sp³-hybridized carbons (Fsp3) is 0.295. The summed E-state index contributed by atoms with van der Waals surface area (Å²) in [6.45, 7) is 4.21. The number of thioether (sulfide) groups is 1. The Hall–Kier alpha value is -6.08. The number of hydrazone groups is 1. The second kappa shape index (κ2) is 18.2. The Morgan fingerprint density at radius 2 is 1.51 bits per heavy atom. The van der Waals surface area contributed by atoms with E-state index in [4.69, 9.17) is 28.8 Å². The van der Waals surface area contributed by atoms with Crippen LogP contribution in [0.15, 0.2) is 119 Å². The number of carbonyl (C=O) groups excluding carboxylic acids is 2. The maximum Gasteiger partial charge on any atom is 0.317 e. The van der Waals surface area contributed by atoms with Crippen LogP contribution in [0, 0.1) is 5.92 Å². The molecule has 0 N–H and O–H groups in total. The molecule has 4 aromatic carbocycles. The Bertz CT molecular complexity index is 2210. The van der Waals surface area contributed by atoms with Crippen LogP contribution in [-0.2, 0) is 20.9 Å². The molecule has 294 valence electrons. The van der Waals surface area contributed by atoms with Gasteiger partial charge in [-0.2, -0.15) is 5.10 Å². The molecule has 7 rings (SSSR count). The number of nitrogens with zero attached hydrogens (tertiary/aromatic N) is 5. The normalized spacial score (nSPS) is 17.4. The van der Waals surface area contributed by atoms with Crippen molar-refractivity contribution in [3.63, 3.8) is 0 Å². The number of ether oxygens (including phenoxy) is 5. The molecule has 5 aromatic rings. The summed E-state index contributed by atoms with van der Waals surface area (Å²) in [7, 11) is 3.27. The average molecular weight is 788 g/mol. The van der Waals surface area contributed by atoms with Gasteiger partial charge in [-0.05, 0) is 117 Å². The molecule has 1 aliphatic heterocycles. The second-order valence-electron chi connectivity index (χ2n) is 13.5. The summed E-state index contributed by atoms with van der Waals surface area (Å²) in [5.74, 6) is 2.34. The number of hydrogen-bond donors (Lipinski definition) is 0. The van der Waals surface area contributed by atoms with Gasteiger partial charge in [-0.3, -0.25) is 14.2 Å². The summed E-state index contributed by atoms with van der Waals surface area (Å²) in [6.07, 6.45) is 3.68. The molecule has 3 unspecified atom stereocenters. The largest absolute Gasteiger partial charge is 0.497 e. The Kier molecular flexibility index (Phi) is 12.5. The lowest BCUT2D eigenvalue weighted by Crippen LogP contribution is -2.39. The highest BCUT2D eigenvalue weighted by Crippen LogP contribution is 2.45. The molecular weight excluding hydrogens is 743 g/mol. The summed E-state index contributed by atoms with van der Waals surface area (Å²) < 4.78 is 30.0. The predicted octanol–water partition coefficient (Wildman–Crippen LogP) is 8.11. The highest BCUT2D eigenvalue weighted by atomic mass is 32.2. The molecule has 2 aliphatic rings. The first-order valence-electron chi connectivity index (χ1n) is 18.9. The summed E-state index contributed by atoms with van der Waals surface area (Å²) >= 11 is 1.16. The topological polar surface area (TPSA) is 127 Å². The minimum Gasteiger partial charge on any atom is -0.497 e. The summed E-state index contributed by atoms with van der Waals surface area (Å²) in [6, 6.07) is 32.2. The van der Waals surface area contributed by atoms with Crippen molar-refractivity contribution in [3.05, 3.63) is 126 Å². The van der Waals surface area contributed by atoms with Gasteiger partial charge >= 0.3 is 5.97 Å². The molecule has 0 bridgehead atoms. The van der Waals surface area contributed by atoms with E-state index in [0.717, 1.165) is 70.6 Å². The van der Waals surface area contributed by atoms with E-state index in [0.29, 0.717) is 29.1 Å². The van der Waals surface area contributed by atoms with Gasteiger partial charge in [-0.25, -0.2) is 5.01 Å². The van der Waals surface area contributed by atoms with Crippen molar-refractivity contribution >= 4 is 35.4 Å². The van der Waals surface area contributed by atoms with Crippen molar-refractivity contribution in [1.82, 2.24) is 19.8 Å². The van der Waals surface area contributed by atoms with Crippen LogP contribution < -0.4 is 18.9 Å². The zero-order valence-corrected chi connectivity index (χ0v) is 33.2. The van der Waals surface area contributed by atoms with Crippen molar-refractivity contribution in [2.45, 2.75) is 57.0 Å². The van der Waals surface area contributed by atoms with Gasteiger partial charge in [0.05, 0.1) is 38.3 Å². The van der Waals surface area contributed by atoms with E-state index >= 15 is 0 Å². The Morgan fingerprint density at radius 1 is 0.842 bits per heavy atom. The van der Waals surface area contributed by atoms with E-state index in [-0.39, 0.29) is 24.3 Å². The molecule has 13 heteroatoms. The van der Waals surface area contributed by atoms with Crippen LogP contribution in [0.4, 0.5) is 0 Å². The Balaban J connectivity index is 1.08. The number of fused-ring (bicyclic) bond motifs is 1. The molecule has 0 spiro atoms. The van der Waals surface area contributed by atoms with Crippen LogP contribution in [0.3, 0.4) is 0 Å². The summed E-state index contributed by atoms with van der Waals surface area (Å²) in [4.78, 5) is 27.7. The van der Waals surface area contributed by atoms with Gasteiger partial charge in [0.2, 0.25) is 0 Å². The smallest absolute Gasteiger partial charge is 0.317 e. The van der Waals surface area contributed by atoms with Crippen molar-refractivity contribution < 1.29 is 33.3 Å². The first-order valence-corrected chi connectivity index (χ1v) is 19.9. The van der Waals surface area contributed by atoms with E-state index in [1.807, 2.05) is 115 Å². The molecule has 57 heavy (non-hydrogen) atoms. The molecule has 1 aliphatic carbocycles. The Labute approximate surface area is 336 Å². The lowest BCUT2D eigenvalue weighted by atomic mass is 9.77. The molecule has 1 aromatic heterocycles. The highest BCUT2D eigenvalue weighted by Gasteiger charge is 2.45. The zero-order valence-electron chi connectivity index (χ0n) is 32.4. The molecule has 0 saturated heterocycles. The Morgan fingerprint density at radius 3 is 2.19 bits per heavy atom. The minimum absolute atomic E-state index is 0.0342. The highest BCUT2D eigenvalue weighted by molar-refractivity contribution is 7.99. The lowest BCUT2D eigenvalue weighted by molar-refractivity contribution is -0.158. The number of methoxy groups -OCH3 is 2. The number of amides is 1. The van der Waals surface area contributed by atoms with Crippen LogP contribution in [0.5, 0.6) is 23.0 Å². The van der Waals surface area contributed by atoms with Crippen molar-refractivity contribution in [2.75, 3.05) is 26.6 Å². The summed E-state index contributed by atoms with van der Waals surface area (Å²) in [5.41, 5.74) is 4.67. The second-order valence-corrected chi connectivity index (χ2v) is 14.5. The molecule has 12 nitrogen and oxygen atoms in total.